The maximum atomic E-state index is 13.4. The topological polar surface area (TPSA) is 71.7 Å². The molecule has 3 saturated heterocycles. The molecule has 35 heavy (non-hydrogen) atoms. The van der Waals surface area contributed by atoms with Gasteiger partial charge in [0.2, 0.25) is 5.91 Å². The predicted octanol–water partition coefficient (Wildman–Crippen LogP) is 2.78. The Hall–Kier alpha value is -3.46. The van der Waals surface area contributed by atoms with Gasteiger partial charge in [0.15, 0.2) is 0 Å². The third-order valence-corrected chi connectivity index (χ3v) is 7.41. The summed E-state index contributed by atoms with van der Waals surface area (Å²) >= 11 is 0. The molecular formula is C27H29N5O3. The van der Waals surface area contributed by atoms with E-state index in [1.807, 2.05) is 28.1 Å². The van der Waals surface area contributed by atoms with Crippen molar-refractivity contribution in [3.63, 3.8) is 0 Å². The van der Waals surface area contributed by atoms with E-state index in [-0.39, 0.29) is 43.0 Å². The standard InChI is InChI=1S/C27H29N5O3/c1-28-27(34)29(2)31-17-23(33)32-22(31)16-30(15-20-13-8-12-18-9-6-7-14-21(18)20)26-25(35-26)24(32)19-10-4-3-5-11-19/h3-14,22,24-26H,15-17H2,1-2H3,(H,28,34)/t22-,24+,25?,26?/m1/s1. The van der Waals surface area contributed by atoms with E-state index in [1.165, 1.54) is 21.3 Å². The van der Waals surface area contributed by atoms with Crippen molar-refractivity contribution in [3.8, 4) is 0 Å². The van der Waals surface area contributed by atoms with Crippen LogP contribution in [-0.4, -0.2) is 77.4 Å². The summed E-state index contributed by atoms with van der Waals surface area (Å²) in [7, 11) is 3.31. The molecule has 4 atom stereocenters. The first-order valence-corrected chi connectivity index (χ1v) is 12.0. The van der Waals surface area contributed by atoms with Gasteiger partial charge in [-0.2, -0.15) is 5.01 Å². The molecule has 180 valence electrons. The van der Waals surface area contributed by atoms with Crippen LogP contribution in [0.1, 0.15) is 17.2 Å². The third kappa shape index (κ3) is 3.74. The Labute approximate surface area is 204 Å². The zero-order valence-corrected chi connectivity index (χ0v) is 19.9. The summed E-state index contributed by atoms with van der Waals surface area (Å²) in [6.45, 7) is 1.41. The number of fused-ring (bicyclic) bond motifs is 3. The van der Waals surface area contributed by atoms with Crippen molar-refractivity contribution in [3.05, 3.63) is 83.9 Å². The van der Waals surface area contributed by atoms with E-state index in [4.69, 9.17) is 4.74 Å². The Balaban J connectivity index is 1.39. The second kappa shape index (κ2) is 8.64. The van der Waals surface area contributed by atoms with Gasteiger partial charge in [0.25, 0.3) is 0 Å². The van der Waals surface area contributed by atoms with Crippen LogP contribution in [0.4, 0.5) is 4.79 Å². The molecule has 0 radical (unpaired) electrons. The summed E-state index contributed by atoms with van der Waals surface area (Å²) in [5, 5.41) is 8.50. The molecule has 3 aromatic carbocycles. The van der Waals surface area contributed by atoms with Crippen LogP contribution >= 0.6 is 0 Å². The van der Waals surface area contributed by atoms with Gasteiger partial charge in [-0.05, 0) is 21.9 Å². The lowest BCUT2D eigenvalue weighted by Crippen LogP contribution is -2.55. The van der Waals surface area contributed by atoms with Crippen molar-refractivity contribution >= 4 is 22.7 Å². The van der Waals surface area contributed by atoms with Crippen LogP contribution in [0.5, 0.6) is 0 Å². The summed E-state index contributed by atoms with van der Waals surface area (Å²) in [4.78, 5) is 30.2. The van der Waals surface area contributed by atoms with E-state index in [9.17, 15) is 9.59 Å². The fourth-order valence-electron chi connectivity index (χ4n) is 5.66. The van der Waals surface area contributed by atoms with E-state index < -0.39 is 0 Å². The molecule has 2 unspecified atom stereocenters. The average Bonchev–Trinajstić information content (AvgIpc) is 3.63. The molecule has 3 aromatic rings. The molecule has 0 aromatic heterocycles. The number of urea groups is 1. The number of nitrogens with one attached hydrogen (secondary N) is 1. The number of nitrogens with zero attached hydrogens (tertiary/aromatic N) is 4. The van der Waals surface area contributed by atoms with Crippen LogP contribution in [-0.2, 0) is 16.1 Å². The quantitative estimate of drug-likeness (QED) is 0.593. The van der Waals surface area contributed by atoms with Gasteiger partial charge < -0.3 is 15.0 Å². The van der Waals surface area contributed by atoms with Gasteiger partial charge in [0.1, 0.15) is 18.5 Å². The van der Waals surface area contributed by atoms with E-state index in [2.05, 4.69) is 64.8 Å². The van der Waals surface area contributed by atoms with Crippen molar-refractivity contribution in [1.82, 2.24) is 25.1 Å². The van der Waals surface area contributed by atoms with Crippen LogP contribution in [0, 0.1) is 0 Å². The van der Waals surface area contributed by atoms with Gasteiger partial charge in [-0.25, -0.2) is 4.79 Å². The number of benzene rings is 3. The first kappa shape index (κ1) is 22.0. The Morgan fingerprint density at radius 3 is 2.60 bits per heavy atom. The first-order valence-electron chi connectivity index (χ1n) is 12.0. The minimum Gasteiger partial charge on any atom is -0.350 e. The first-order chi connectivity index (χ1) is 17.1. The monoisotopic (exact) mass is 471 g/mol. The van der Waals surface area contributed by atoms with Gasteiger partial charge in [-0.1, -0.05) is 72.8 Å². The van der Waals surface area contributed by atoms with Gasteiger partial charge in [0, 0.05) is 27.2 Å². The molecule has 0 saturated carbocycles. The molecule has 0 aliphatic carbocycles. The molecule has 3 heterocycles. The second-order valence-electron chi connectivity index (χ2n) is 9.37. The second-order valence-corrected chi connectivity index (χ2v) is 9.37. The fourth-order valence-corrected chi connectivity index (χ4v) is 5.66. The maximum absolute atomic E-state index is 13.4. The minimum atomic E-state index is -0.290. The lowest BCUT2D eigenvalue weighted by atomic mass is 10.0. The number of hydrogen-bond acceptors (Lipinski definition) is 5. The van der Waals surface area contributed by atoms with Crippen molar-refractivity contribution in [2.75, 3.05) is 27.2 Å². The van der Waals surface area contributed by atoms with Crippen LogP contribution in [0.25, 0.3) is 10.8 Å². The smallest absolute Gasteiger partial charge is 0.331 e. The molecule has 3 fully saturated rings. The van der Waals surface area contributed by atoms with Gasteiger partial charge >= 0.3 is 6.03 Å². The highest BCUT2D eigenvalue weighted by molar-refractivity contribution is 5.85. The van der Waals surface area contributed by atoms with Crippen molar-refractivity contribution < 1.29 is 14.3 Å². The normalized spacial score (nSPS) is 26.2. The molecule has 1 N–H and O–H groups in total. The molecule has 8 heteroatoms. The third-order valence-electron chi connectivity index (χ3n) is 7.41. The summed E-state index contributed by atoms with van der Waals surface area (Å²) in [5.41, 5.74) is 2.27. The van der Waals surface area contributed by atoms with Crippen LogP contribution < -0.4 is 5.32 Å². The number of carbonyl (C=O) groups is 2. The van der Waals surface area contributed by atoms with Gasteiger partial charge in [-0.15, -0.1) is 0 Å². The van der Waals surface area contributed by atoms with Gasteiger partial charge in [0.05, 0.1) is 12.6 Å². The van der Waals surface area contributed by atoms with Gasteiger partial charge in [-0.3, -0.25) is 14.7 Å². The van der Waals surface area contributed by atoms with Crippen LogP contribution in [0.15, 0.2) is 72.8 Å². The van der Waals surface area contributed by atoms with Crippen LogP contribution in [0.2, 0.25) is 0 Å². The largest absolute Gasteiger partial charge is 0.350 e. The molecule has 0 spiro atoms. The number of hydrazine groups is 1. The Morgan fingerprint density at radius 1 is 1.06 bits per heavy atom. The number of rotatable bonds is 4. The van der Waals surface area contributed by atoms with Crippen molar-refractivity contribution in [2.24, 2.45) is 0 Å². The highest BCUT2D eigenvalue weighted by Gasteiger charge is 2.59. The van der Waals surface area contributed by atoms with Crippen molar-refractivity contribution in [2.45, 2.75) is 31.1 Å². The van der Waals surface area contributed by atoms with Crippen molar-refractivity contribution in [1.29, 1.82) is 0 Å². The summed E-state index contributed by atoms with van der Waals surface area (Å²) in [6.07, 6.45) is -0.502. The molecule has 3 amide bonds. The number of hydrogen-bond donors (Lipinski definition) is 1. The lowest BCUT2D eigenvalue weighted by Gasteiger charge is -2.38. The van der Waals surface area contributed by atoms with E-state index in [0.29, 0.717) is 13.1 Å². The van der Waals surface area contributed by atoms with E-state index in [0.717, 1.165) is 5.56 Å². The SMILES string of the molecule is CNC(=O)N(C)N1CC(=O)N2[C@@H](c3ccccc3)C3OC3N(Cc3cccc4ccccc34)C[C@@H]21. The fraction of sp³-hybridized carbons (Fsp3) is 0.333. The number of epoxide rings is 1. The highest BCUT2D eigenvalue weighted by atomic mass is 16.6. The molecule has 3 aliphatic rings. The number of ether oxygens (including phenoxy) is 1. The minimum absolute atomic E-state index is 0.000803. The van der Waals surface area contributed by atoms with E-state index in [1.54, 1.807) is 14.1 Å². The number of amides is 3. The zero-order valence-electron chi connectivity index (χ0n) is 19.9. The Morgan fingerprint density at radius 2 is 1.80 bits per heavy atom. The van der Waals surface area contributed by atoms with E-state index >= 15 is 0 Å². The predicted molar refractivity (Wildman–Crippen MR) is 132 cm³/mol. The average molecular weight is 472 g/mol. The highest BCUT2D eigenvalue weighted by Crippen LogP contribution is 2.46. The maximum Gasteiger partial charge on any atom is 0.331 e. The molecule has 6 rings (SSSR count). The molecular weight excluding hydrogens is 442 g/mol. The molecule has 8 nitrogen and oxygen atoms in total. The molecule has 3 aliphatic heterocycles. The lowest BCUT2D eigenvalue weighted by molar-refractivity contribution is -0.131. The van der Waals surface area contributed by atoms with Crippen LogP contribution in [0.3, 0.4) is 0 Å². The Kier molecular flexibility index (Phi) is 5.44. The number of carbonyl (C=O) groups excluding carboxylic acids is 2. The Bertz CT molecular complexity index is 1260. The molecule has 0 bridgehead atoms. The summed E-state index contributed by atoms with van der Waals surface area (Å²) in [6, 6.07) is 24.4. The summed E-state index contributed by atoms with van der Waals surface area (Å²) < 4.78 is 6.26. The zero-order chi connectivity index (χ0) is 24.1. The summed E-state index contributed by atoms with van der Waals surface area (Å²) in [5.74, 6) is 0.000803.